The number of fused-ring (bicyclic) bond motifs is 4. The molecule has 4 aromatic rings. The lowest BCUT2D eigenvalue weighted by molar-refractivity contribution is 0.0122. The Hall–Kier alpha value is -5.49. The molecule has 4 atom stereocenters. The summed E-state index contributed by atoms with van der Waals surface area (Å²) in [4.78, 5) is 48.9. The molecule has 3 fully saturated rings. The Morgan fingerprint density at radius 1 is 0.861 bits per heavy atom. The van der Waals surface area contributed by atoms with Gasteiger partial charge < -0.3 is 28.7 Å². The number of benzene rings is 2. The van der Waals surface area contributed by atoms with E-state index in [4.69, 9.17) is 40.3 Å². The molecule has 2 unspecified atom stereocenters. The van der Waals surface area contributed by atoms with Crippen LogP contribution in [0.3, 0.4) is 0 Å². The molecule has 0 radical (unpaired) electrons. The Morgan fingerprint density at radius 2 is 1.50 bits per heavy atom. The number of carbonyl (C=O) groups excluding carboxylic acids is 2. The van der Waals surface area contributed by atoms with E-state index in [1.165, 1.54) is 83.1 Å². The molecule has 2 aromatic carbocycles. The molecule has 3 aliphatic rings. The van der Waals surface area contributed by atoms with Gasteiger partial charge >= 0.3 is 18.2 Å². The van der Waals surface area contributed by atoms with E-state index in [-0.39, 0.29) is 82.6 Å². The molecule has 2 aromatic heterocycles. The van der Waals surface area contributed by atoms with Crippen molar-refractivity contribution in [3.05, 3.63) is 47.5 Å². The lowest BCUT2D eigenvalue weighted by Gasteiger charge is -2.42. The van der Waals surface area contributed by atoms with Crippen molar-refractivity contribution in [2.75, 3.05) is 51.8 Å². The molecular weight excluding hydrogens is 917 g/mol. The third-order valence-electron chi connectivity index (χ3n) is 14.3. The van der Waals surface area contributed by atoms with Crippen LogP contribution in [-0.4, -0.2) is 125 Å². The predicted molar refractivity (Wildman–Crippen MR) is 281 cm³/mol. The van der Waals surface area contributed by atoms with Crippen LogP contribution in [0.15, 0.2) is 30.3 Å². The number of halogens is 2. The number of ether oxygens (including phenoxy) is 4. The number of pyridine rings is 1. The summed E-state index contributed by atoms with van der Waals surface area (Å²) < 4.78 is 57.6. The number of amides is 2. The highest BCUT2D eigenvalue weighted by Gasteiger charge is 2.45. The summed E-state index contributed by atoms with van der Waals surface area (Å²) in [5.41, 5.74) is -0.617. The minimum Gasteiger partial charge on any atom is -0.474 e. The van der Waals surface area contributed by atoms with Gasteiger partial charge in [0, 0.05) is 56.6 Å². The molecule has 392 valence electrons. The molecule has 0 N–H and O–H groups in total. The summed E-state index contributed by atoms with van der Waals surface area (Å²) in [6, 6.07) is 7.45. The number of rotatable bonds is 23. The Bertz CT molecular complexity index is 2510. The van der Waals surface area contributed by atoms with Gasteiger partial charge in [-0.1, -0.05) is 121 Å². The normalized spacial score (nSPS) is 19.1. The van der Waals surface area contributed by atoms with Gasteiger partial charge in [-0.2, -0.15) is 9.97 Å². The summed E-state index contributed by atoms with van der Waals surface area (Å²) in [6.45, 7) is 13.6. The van der Waals surface area contributed by atoms with Gasteiger partial charge in [0.2, 0.25) is 5.88 Å². The lowest BCUT2D eigenvalue weighted by Crippen LogP contribution is -2.57. The molecule has 2 amide bonds. The number of anilines is 1. The Labute approximate surface area is 426 Å². The summed E-state index contributed by atoms with van der Waals surface area (Å²) in [5.74, 6) is 1.51. The number of terminal acetylenes is 1. The van der Waals surface area contributed by atoms with Crippen molar-refractivity contribution < 1.29 is 37.3 Å². The fourth-order valence-corrected chi connectivity index (χ4v) is 10.6. The average molecular weight is 996 g/mol. The summed E-state index contributed by atoms with van der Waals surface area (Å²) in [5, 5.41) is 1.19. The van der Waals surface area contributed by atoms with Crippen molar-refractivity contribution in [2.24, 2.45) is 0 Å². The topological polar surface area (TPSA) is 123 Å². The van der Waals surface area contributed by atoms with E-state index in [1.807, 2.05) is 51.5 Å². The third-order valence-corrected chi connectivity index (χ3v) is 14.3. The zero-order valence-corrected chi connectivity index (χ0v) is 44.2. The first kappa shape index (κ1) is 54.3. The highest BCUT2D eigenvalue weighted by molar-refractivity contribution is 6.03. The minimum absolute atomic E-state index is 0.0113. The molecule has 0 aliphatic carbocycles. The van der Waals surface area contributed by atoms with Gasteiger partial charge in [0.05, 0.1) is 23.8 Å². The van der Waals surface area contributed by atoms with Crippen LogP contribution in [-0.2, 0) is 9.47 Å². The van der Waals surface area contributed by atoms with Crippen molar-refractivity contribution >= 4 is 39.7 Å². The number of unbranched alkanes of at least 4 members (excludes halogenated alkanes) is 13. The van der Waals surface area contributed by atoms with Crippen LogP contribution in [0.25, 0.3) is 32.9 Å². The lowest BCUT2D eigenvalue weighted by atomic mass is 9.96. The maximum absolute atomic E-state index is 17.7. The van der Waals surface area contributed by atoms with Gasteiger partial charge in [-0.25, -0.2) is 23.4 Å². The first-order valence-corrected chi connectivity index (χ1v) is 26.8. The molecule has 3 saturated heterocycles. The molecule has 5 heterocycles. The van der Waals surface area contributed by atoms with Gasteiger partial charge in [0.15, 0.2) is 5.82 Å². The largest absolute Gasteiger partial charge is 0.474 e. The number of hydrogen-bond acceptors (Lipinski definition) is 11. The molecule has 2 bridgehead atoms. The van der Waals surface area contributed by atoms with Crippen LogP contribution < -0.4 is 14.4 Å². The molecule has 0 spiro atoms. The highest BCUT2D eigenvalue weighted by Crippen LogP contribution is 2.43. The number of carbonyl (C=O) groups is 2. The molecule has 15 heteroatoms. The number of piperazine rings is 1. The van der Waals surface area contributed by atoms with Crippen LogP contribution in [0, 0.1) is 24.0 Å². The van der Waals surface area contributed by atoms with E-state index in [0.717, 1.165) is 25.7 Å². The number of hydrogen-bond donors (Lipinski definition) is 0. The summed E-state index contributed by atoms with van der Waals surface area (Å²) in [7, 11) is 3.75. The van der Waals surface area contributed by atoms with E-state index in [2.05, 4.69) is 17.7 Å². The minimum atomic E-state index is -0.784. The van der Waals surface area contributed by atoms with Gasteiger partial charge in [-0.15, -0.1) is 6.42 Å². The van der Waals surface area contributed by atoms with Crippen LogP contribution in [0.2, 0.25) is 0 Å². The zero-order chi connectivity index (χ0) is 51.5. The molecule has 13 nitrogen and oxygen atoms in total. The van der Waals surface area contributed by atoms with E-state index < -0.39 is 23.3 Å². The fourth-order valence-electron chi connectivity index (χ4n) is 10.6. The van der Waals surface area contributed by atoms with Crippen molar-refractivity contribution in [1.29, 1.82) is 0 Å². The quantitative estimate of drug-likeness (QED) is 0.0521. The SMILES string of the molecule is C#Cc1c(F)ccc2cccc(-c3nc(OC(C)C)c4c(N5CC6CCC(C5)N6C(=O)OC(C)(C)C)nc(OC[C@@H]5C[C@@H](OC(=O)N(C)CCCCCCCCCCCCCCCC)CN5C)nc4c3F)c12. The van der Waals surface area contributed by atoms with Gasteiger partial charge in [-0.3, -0.25) is 9.80 Å². The van der Waals surface area contributed by atoms with Crippen molar-refractivity contribution in [3.8, 4) is 35.5 Å². The Kier molecular flexibility index (Phi) is 18.8. The van der Waals surface area contributed by atoms with Crippen molar-refractivity contribution in [3.63, 3.8) is 0 Å². The maximum atomic E-state index is 17.7. The first-order chi connectivity index (χ1) is 34.6. The van der Waals surface area contributed by atoms with Crippen LogP contribution >= 0.6 is 0 Å². The average Bonchev–Trinajstić information content (AvgIpc) is 3.83. The number of nitrogens with zero attached hydrogens (tertiary/aromatic N) is 7. The second-order valence-corrected chi connectivity index (χ2v) is 21.6. The van der Waals surface area contributed by atoms with E-state index in [9.17, 15) is 9.59 Å². The van der Waals surface area contributed by atoms with Crippen LogP contribution in [0.4, 0.5) is 24.2 Å². The van der Waals surface area contributed by atoms with Crippen LogP contribution in [0.1, 0.15) is 156 Å². The van der Waals surface area contributed by atoms with E-state index >= 15 is 8.78 Å². The van der Waals surface area contributed by atoms with Crippen molar-refractivity contribution in [1.82, 2.24) is 29.7 Å². The molecule has 7 rings (SSSR count). The number of likely N-dealkylation sites (tertiary alicyclic amines) is 1. The molecule has 0 saturated carbocycles. The third kappa shape index (κ3) is 13.6. The highest BCUT2D eigenvalue weighted by atomic mass is 19.1. The zero-order valence-electron chi connectivity index (χ0n) is 44.2. The molecule has 3 aliphatic heterocycles. The van der Waals surface area contributed by atoms with Gasteiger partial charge in [0.1, 0.15) is 46.5 Å². The van der Waals surface area contributed by atoms with Gasteiger partial charge in [0.25, 0.3) is 0 Å². The second-order valence-electron chi connectivity index (χ2n) is 21.6. The monoisotopic (exact) mass is 996 g/mol. The second kappa shape index (κ2) is 25.0. The van der Waals surface area contributed by atoms with Crippen LogP contribution in [0.5, 0.6) is 11.9 Å². The number of likely N-dealkylation sites (N-methyl/N-ethyl adjacent to an activating group) is 1. The maximum Gasteiger partial charge on any atom is 0.410 e. The van der Waals surface area contributed by atoms with E-state index in [1.54, 1.807) is 36.2 Å². The fraction of sp³-hybridized carbons (Fsp3) is 0.632. The standard InChI is InChI=1S/C57H79F2N7O6/c1-10-12-13-14-15-16-17-18-19-20-21-22-23-24-32-63(8)55(67)71-43-33-42(64(9)36-43)37-69-54-61-51-48(52(62-54)65-34-40-29-30-41(35-65)66(40)56(68)72-57(5,6)7)53(70-38(3)4)60-50(49(51)59)45-27-25-26-39-28-31-46(58)44(11-2)47(39)45/h2,25-28,31,38,40-43H,10,12-24,29-30,32-37H2,1,3-9H3/t40?,41?,42-,43+/m0/s1. The van der Waals surface area contributed by atoms with E-state index in [0.29, 0.717) is 49.2 Å². The van der Waals surface area contributed by atoms with Gasteiger partial charge in [-0.05, 0) is 72.4 Å². The molecular formula is C57H79F2N7O6. The summed E-state index contributed by atoms with van der Waals surface area (Å²) in [6.07, 6.45) is 24.3. The summed E-state index contributed by atoms with van der Waals surface area (Å²) >= 11 is 0. The Balaban J connectivity index is 1.06. The molecule has 72 heavy (non-hydrogen) atoms. The smallest absolute Gasteiger partial charge is 0.410 e. The Morgan fingerprint density at radius 3 is 2.11 bits per heavy atom. The number of aromatic nitrogens is 3. The first-order valence-electron chi connectivity index (χ1n) is 26.8. The predicted octanol–water partition coefficient (Wildman–Crippen LogP) is 12.5. The van der Waals surface area contributed by atoms with Crippen molar-refractivity contribution in [2.45, 2.75) is 187 Å².